The molecule has 7 heteroatoms. The average molecular weight is 559 g/mol. The normalized spacial score (nSPS) is 29.4. The molecule has 1 unspecified atom stereocenters. The summed E-state index contributed by atoms with van der Waals surface area (Å²) in [7, 11) is 0. The van der Waals surface area contributed by atoms with E-state index >= 15 is 0 Å². The Labute approximate surface area is 240 Å². The van der Waals surface area contributed by atoms with Crippen LogP contribution < -0.4 is 0 Å². The topological polar surface area (TPSA) is 132 Å². The number of carbonyl (C=O) groups excluding carboxylic acids is 3. The highest BCUT2D eigenvalue weighted by Gasteiger charge is 2.71. The Bertz CT molecular complexity index is 1530. The van der Waals surface area contributed by atoms with Crippen LogP contribution in [0.3, 0.4) is 0 Å². The number of phenolic OH excluding ortho intramolecular Hbond substituents is 1. The van der Waals surface area contributed by atoms with Crippen LogP contribution >= 0.6 is 0 Å². The molecule has 4 N–H and O–H groups in total. The van der Waals surface area contributed by atoms with E-state index in [1.807, 2.05) is 45.0 Å². The Morgan fingerprint density at radius 1 is 1.00 bits per heavy atom. The van der Waals surface area contributed by atoms with E-state index in [1.54, 1.807) is 6.92 Å². The Morgan fingerprint density at radius 3 is 2.27 bits per heavy atom. The lowest BCUT2D eigenvalue weighted by atomic mass is 9.44. The predicted octanol–water partition coefficient (Wildman–Crippen LogP) is 5.52. The summed E-state index contributed by atoms with van der Waals surface area (Å²) in [6.45, 7) is 8.24. The number of aromatic hydroxyl groups is 1. The van der Waals surface area contributed by atoms with Crippen LogP contribution in [0, 0.1) is 22.7 Å². The number of fused-ring (bicyclic) bond motifs is 3. The summed E-state index contributed by atoms with van der Waals surface area (Å²) in [5.74, 6) is -5.01. The van der Waals surface area contributed by atoms with Crippen LogP contribution in [0.15, 0.2) is 65.1 Å². The number of rotatable bonds is 6. The molecule has 4 atom stereocenters. The second-order valence-corrected chi connectivity index (χ2v) is 12.9. The second-order valence-electron chi connectivity index (χ2n) is 12.9. The number of phenols is 1. The van der Waals surface area contributed by atoms with E-state index in [-0.39, 0.29) is 41.4 Å². The molecule has 0 aliphatic heterocycles. The Kier molecular flexibility index (Phi) is 6.81. The van der Waals surface area contributed by atoms with Crippen molar-refractivity contribution in [1.82, 2.24) is 0 Å². The minimum Gasteiger partial charge on any atom is -0.511 e. The van der Waals surface area contributed by atoms with E-state index in [1.165, 1.54) is 11.6 Å². The Balaban J connectivity index is 1.65. The molecule has 2 aromatic rings. The van der Waals surface area contributed by atoms with Crippen molar-refractivity contribution in [1.29, 1.82) is 0 Å². The Morgan fingerprint density at radius 2 is 1.66 bits per heavy atom. The number of hydrogen-bond donors (Lipinski definition) is 4. The molecule has 5 rings (SSSR count). The van der Waals surface area contributed by atoms with Crippen molar-refractivity contribution in [3.8, 4) is 5.75 Å². The molecule has 216 valence electrons. The van der Waals surface area contributed by atoms with E-state index < -0.39 is 51.0 Å². The molecule has 41 heavy (non-hydrogen) atoms. The van der Waals surface area contributed by atoms with E-state index in [0.717, 1.165) is 25.3 Å². The van der Waals surface area contributed by atoms with Crippen LogP contribution in [0.4, 0.5) is 0 Å². The minimum absolute atomic E-state index is 0.0716. The first kappa shape index (κ1) is 28.8. The van der Waals surface area contributed by atoms with Crippen LogP contribution in [-0.2, 0) is 28.9 Å². The molecule has 3 aliphatic carbocycles. The van der Waals surface area contributed by atoms with E-state index in [2.05, 4.69) is 12.1 Å². The summed E-state index contributed by atoms with van der Waals surface area (Å²) in [5.41, 5.74) is -2.81. The number of aliphatic hydroxyl groups excluding tert-OH is 2. The van der Waals surface area contributed by atoms with Gasteiger partial charge in [0.25, 0.3) is 0 Å². The zero-order chi connectivity index (χ0) is 30.1. The van der Waals surface area contributed by atoms with Crippen molar-refractivity contribution in [2.75, 3.05) is 0 Å². The third-order valence-corrected chi connectivity index (χ3v) is 9.74. The lowest BCUT2D eigenvalue weighted by Crippen LogP contribution is -2.67. The van der Waals surface area contributed by atoms with Crippen molar-refractivity contribution in [2.45, 2.75) is 72.3 Å². The van der Waals surface area contributed by atoms with E-state index in [9.17, 15) is 34.8 Å². The molecule has 0 saturated heterocycles. The predicted molar refractivity (Wildman–Crippen MR) is 154 cm³/mol. The maximum absolute atomic E-state index is 14.1. The summed E-state index contributed by atoms with van der Waals surface area (Å²) in [5, 5.41) is 46.0. The van der Waals surface area contributed by atoms with Gasteiger partial charge in [0.1, 0.15) is 22.8 Å². The largest absolute Gasteiger partial charge is 0.511 e. The van der Waals surface area contributed by atoms with Crippen LogP contribution in [0.2, 0.25) is 0 Å². The highest BCUT2D eigenvalue weighted by atomic mass is 16.3. The lowest BCUT2D eigenvalue weighted by molar-refractivity contribution is -0.171. The minimum atomic E-state index is -2.60. The van der Waals surface area contributed by atoms with E-state index in [0.29, 0.717) is 12.0 Å². The van der Waals surface area contributed by atoms with Crippen molar-refractivity contribution in [3.63, 3.8) is 0 Å². The number of aryl methyl sites for hydroxylation is 2. The van der Waals surface area contributed by atoms with Gasteiger partial charge in [0.2, 0.25) is 5.78 Å². The van der Waals surface area contributed by atoms with Gasteiger partial charge in [0, 0.05) is 22.3 Å². The molecule has 0 saturated carbocycles. The number of allylic oxidation sites excluding steroid dienone is 2. The number of benzene rings is 2. The van der Waals surface area contributed by atoms with Gasteiger partial charge in [-0.05, 0) is 67.7 Å². The molecule has 0 aromatic heterocycles. The zero-order valence-corrected chi connectivity index (χ0v) is 24.2. The van der Waals surface area contributed by atoms with Crippen LogP contribution in [0.1, 0.15) is 74.5 Å². The maximum atomic E-state index is 14.1. The summed E-state index contributed by atoms with van der Waals surface area (Å²) < 4.78 is 0. The van der Waals surface area contributed by atoms with Crippen molar-refractivity contribution in [2.24, 2.45) is 22.7 Å². The number of aliphatic hydroxyl groups is 3. The molecular weight excluding hydrogens is 520 g/mol. The molecule has 0 radical (unpaired) electrons. The highest BCUT2D eigenvalue weighted by Crippen LogP contribution is 2.65. The van der Waals surface area contributed by atoms with Crippen LogP contribution in [0.25, 0.3) is 0 Å². The van der Waals surface area contributed by atoms with Gasteiger partial charge in [-0.25, -0.2) is 0 Å². The van der Waals surface area contributed by atoms with Crippen molar-refractivity contribution < 1.29 is 34.8 Å². The van der Waals surface area contributed by atoms with Gasteiger partial charge in [0.15, 0.2) is 17.2 Å². The number of carbonyl (C=O) groups is 3. The van der Waals surface area contributed by atoms with Crippen LogP contribution in [-0.4, -0.2) is 43.4 Å². The molecule has 0 bridgehead atoms. The molecule has 0 heterocycles. The van der Waals surface area contributed by atoms with Crippen molar-refractivity contribution >= 4 is 17.3 Å². The SMILES string of the molecule is CC(=O)C1=C(O)C(C(C)C)[C@@]2(C)C[C@@]3(C)Cc4c(CCCc5ccccc5)ccc(O)c4C(=O)C3=C(O)[C@@]2(O)C1=O. The quantitative estimate of drug-likeness (QED) is 0.343. The smallest absolute Gasteiger partial charge is 0.209 e. The van der Waals surface area contributed by atoms with Gasteiger partial charge in [-0.15, -0.1) is 0 Å². The summed E-state index contributed by atoms with van der Waals surface area (Å²) in [4.78, 5) is 40.4. The first-order valence-electron chi connectivity index (χ1n) is 14.3. The fourth-order valence-electron chi connectivity index (χ4n) is 8.16. The molecule has 3 aliphatic rings. The summed E-state index contributed by atoms with van der Waals surface area (Å²) >= 11 is 0. The highest BCUT2D eigenvalue weighted by molar-refractivity contribution is 6.25. The number of Topliss-reactive ketones (excluding diaryl/α,β-unsaturated/α-hetero) is 3. The lowest BCUT2D eigenvalue weighted by Gasteiger charge is -2.59. The van der Waals surface area contributed by atoms with E-state index in [4.69, 9.17) is 0 Å². The van der Waals surface area contributed by atoms with Gasteiger partial charge in [-0.2, -0.15) is 0 Å². The first-order chi connectivity index (χ1) is 19.2. The monoisotopic (exact) mass is 558 g/mol. The number of ketones is 3. The molecule has 0 amide bonds. The van der Waals surface area contributed by atoms with Gasteiger partial charge in [-0.1, -0.05) is 64.1 Å². The fourth-order valence-corrected chi connectivity index (χ4v) is 8.16. The van der Waals surface area contributed by atoms with Gasteiger partial charge in [0.05, 0.1) is 5.56 Å². The molecule has 0 fully saturated rings. The summed E-state index contributed by atoms with van der Waals surface area (Å²) in [6, 6.07) is 13.4. The van der Waals surface area contributed by atoms with Crippen molar-refractivity contribution in [3.05, 3.63) is 87.4 Å². The van der Waals surface area contributed by atoms with Gasteiger partial charge in [-0.3, -0.25) is 14.4 Å². The van der Waals surface area contributed by atoms with Crippen LogP contribution in [0.5, 0.6) is 5.75 Å². The summed E-state index contributed by atoms with van der Waals surface area (Å²) in [6.07, 6.45) is 2.72. The second kappa shape index (κ2) is 9.69. The average Bonchev–Trinajstić information content (AvgIpc) is 2.87. The zero-order valence-electron chi connectivity index (χ0n) is 24.2. The Hall–Kier alpha value is -3.71. The number of hydrogen-bond acceptors (Lipinski definition) is 7. The molecule has 2 aromatic carbocycles. The third kappa shape index (κ3) is 4.00. The standard InChI is InChI=1S/C34H38O7/c1-18(2)26-28(37)24(19(3)35)30(39)34(41)31(40)27-29(38)25-22(16-32(27,4)17-33(26,34)5)21(14-15-23(25)36)13-9-12-20-10-7-6-8-11-20/h6-8,10-11,14-15,18,26,36-37,40-41H,9,12-13,16-17H2,1-5H3/t26?,32-,33-,34+/m1/s1. The fraction of sp³-hybridized carbons (Fsp3) is 0.441. The third-order valence-electron chi connectivity index (χ3n) is 9.74. The molecule has 0 spiro atoms. The molecule has 7 nitrogen and oxygen atoms in total. The van der Waals surface area contributed by atoms with Gasteiger partial charge < -0.3 is 20.4 Å². The maximum Gasteiger partial charge on any atom is 0.209 e. The molecular formula is C34H38O7. The first-order valence-corrected chi connectivity index (χ1v) is 14.3. The van der Waals surface area contributed by atoms with Gasteiger partial charge >= 0.3 is 0 Å².